The number of phenols is 1. The van der Waals surface area contributed by atoms with Gasteiger partial charge in [-0.1, -0.05) is 30.3 Å². The number of phenolic OH excluding ortho intramolecular Hbond substituents is 1. The number of rotatable bonds is 4. The molecular weight excluding hydrogens is 320 g/mol. The van der Waals surface area contributed by atoms with Gasteiger partial charge in [0.2, 0.25) is 6.29 Å². The number of thiophene rings is 1. The highest BCUT2D eigenvalue weighted by atomic mass is 32.1. The zero-order valence-electron chi connectivity index (χ0n) is 12.9. The van der Waals surface area contributed by atoms with Gasteiger partial charge in [-0.15, -0.1) is 0 Å². The molecule has 1 N–H and O–H groups in total. The Balaban J connectivity index is 1.57. The molecule has 2 heterocycles. The molecule has 2 aromatic carbocycles. The van der Waals surface area contributed by atoms with Crippen molar-refractivity contribution < 1.29 is 14.6 Å². The van der Waals surface area contributed by atoms with E-state index >= 15 is 0 Å². The van der Waals surface area contributed by atoms with Crippen molar-refractivity contribution in [3.8, 4) is 16.9 Å². The van der Waals surface area contributed by atoms with E-state index in [1.807, 2.05) is 35.7 Å². The Hall–Kier alpha value is -2.72. The van der Waals surface area contributed by atoms with Crippen molar-refractivity contribution in [1.29, 1.82) is 0 Å². The van der Waals surface area contributed by atoms with Crippen molar-refractivity contribution in [2.45, 2.75) is 12.7 Å². The summed E-state index contributed by atoms with van der Waals surface area (Å²) in [5.74, 6) is 0.928. The molecule has 3 aromatic rings. The maximum Gasteiger partial charge on any atom is 0.244 e. The van der Waals surface area contributed by atoms with Crippen molar-refractivity contribution in [3.05, 3.63) is 82.7 Å². The molecule has 0 fully saturated rings. The Morgan fingerprint density at radius 2 is 1.88 bits per heavy atom. The normalized spacial score (nSPS) is 16.3. The standard InChI is InChI=1S/C20H16O3S/c21-16-6-7-17(18(11-16)15-8-9-24-13-15)19-12-22-20(23-19)10-14-4-2-1-3-5-14/h1-9,11-13,20-21H,10H2. The van der Waals surface area contributed by atoms with Crippen molar-refractivity contribution in [3.63, 3.8) is 0 Å². The lowest BCUT2D eigenvalue weighted by molar-refractivity contribution is -0.0135. The summed E-state index contributed by atoms with van der Waals surface area (Å²) in [6.07, 6.45) is 2.02. The Labute approximate surface area is 144 Å². The van der Waals surface area contributed by atoms with Crippen LogP contribution < -0.4 is 0 Å². The second-order valence-corrected chi connectivity index (χ2v) is 6.38. The summed E-state index contributed by atoms with van der Waals surface area (Å²) < 4.78 is 11.7. The van der Waals surface area contributed by atoms with E-state index in [1.165, 1.54) is 5.56 Å². The van der Waals surface area contributed by atoms with Crippen LogP contribution >= 0.6 is 11.3 Å². The molecule has 3 nitrogen and oxygen atoms in total. The Bertz CT molecular complexity index is 854. The third-order valence-electron chi connectivity index (χ3n) is 3.93. The van der Waals surface area contributed by atoms with Crippen molar-refractivity contribution in [1.82, 2.24) is 0 Å². The molecule has 1 aliphatic rings. The highest BCUT2D eigenvalue weighted by Gasteiger charge is 2.23. The first-order chi connectivity index (χ1) is 11.8. The SMILES string of the molecule is Oc1ccc(C2=COC(Cc3ccccc3)O2)c(-c2ccsc2)c1. The van der Waals surface area contributed by atoms with E-state index in [-0.39, 0.29) is 12.0 Å². The third-order valence-corrected chi connectivity index (χ3v) is 4.61. The lowest BCUT2D eigenvalue weighted by Crippen LogP contribution is -2.12. The number of hydrogen-bond acceptors (Lipinski definition) is 4. The van der Waals surface area contributed by atoms with Gasteiger partial charge in [0.25, 0.3) is 0 Å². The van der Waals surface area contributed by atoms with Crippen molar-refractivity contribution in [2.24, 2.45) is 0 Å². The van der Waals surface area contributed by atoms with Crippen LogP contribution in [0.15, 0.2) is 71.6 Å². The summed E-state index contributed by atoms with van der Waals surface area (Å²) in [6.45, 7) is 0. The lowest BCUT2D eigenvalue weighted by atomic mass is 10.0. The third kappa shape index (κ3) is 3.01. The van der Waals surface area contributed by atoms with Gasteiger partial charge in [0.1, 0.15) is 12.0 Å². The lowest BCUT2D eigenvalue weighted by Gasteiger charge is -2.14. The van der Waals surface area contributed by atoms with Crippen LogP contribution in [-0.4, -0.2) is 11.4 Å². The molecule has 0 saturated heterocycles. The molecule has 0 aliphatic carbocycles. The van der Waals surface area contributed by atoms with E-state index in [0.717, 1.165) is 16.7 Å². The molecular formula is C20H16O3S. The van der Waals surface area contributed by atoms with Crippen LogP contribution in [0.1, 0.15) is 11.1 Å². The van der Waals surface area contributed by atoms with Gasteiger partial charge in [-0.05, 0) is 51.7 Å². The largest absolute Gasteiger partial charge is 0.508 e. The highest BCUT2D eigenvalue weighted by molar-refractivity contribution is 7.08. The highest BCUT2D eigenvalue weighted by Crippen LogP contribution is 2.36. The van der Waals surface area contributed by atoms with E-state index in [0.29, 0.717) is 12.2 Å². The number of ether oxygens (including phenoxy) is 2. The fourth-order valence-electron chi connectivity index (χ4n) is 2.76. The molecule has 0 saturated carbocycles. The van der Waals surface area contributed by atoms with Crippen LogP contribution in [0.2, 0.25) is 0 Å². The molecule has 120 valence electrons. The van der Waals surface area contributed by atoms with Gasteiger partial charge in [0, 0.05) is 12.0 Å². The number of benzene rings is 2. The minimum atomic E-state index is -0.327. The van der Waals surface area contributed by atoms with Crippen LogP contribution in [0, 0.1) is 0 Å². The fraction of sp³-hybridized carbons (Fsp3) is 0.100. The van der Waals surface area contributed by atoms with Gasteiger partial charge in [-0.2, -0.15) is 11.3 Å². The molecule has 1 aliphatic heterocycles. The summed E-state index contributed by atoms with van der Waals surface area (Å²) in [6, 6.07) is 17.4. The summed E-state index contributed by atoms with van der Waals surface area (Å²) in [7, 11) is 0. The first kappa shape index (κ1) is 14.8. The van der Waals surface area contributed by atoms with Gasteiger partial charge in [0.05, 0.1) is 0 Å². The van der Waals surface area contributed by atoms with Crippen molar-refractivity contribution >= 4 is 17.1 Å². The average Bonchev–Trinajstić information content (AvgIpc) is 3.27. The van der Waals surface area contributed by atoms with Crippen LogP contribution in [0.4, 0.5) is 0 Å². The van der Waals surface area contributed by atoms with E-state index in [4.69, 9.17) is 9.47 Å². The van der Waals surface area contributed by atoms with Gasteiger partial charge in [-0.25, -0.2) is 0 Å². The number of hydrogen-bond donors (Lipinski definition) is 1. The first-order valence-corrected chi connectivity index (χ1v) is 8.66. The molecule has 0 spiro atoms. The summed E-state index contributed by atoms with van der Waals surface area (Å²) in [4.78, 5) is 0. The molecule has 4 rings (SSSR count). The van der Waals surface area contributed by atoms with Gasteiger partial charge >= 0.3 is 0 Å². The topological polar surface area (TPSA) is 38.7 Å². The zero-order chi connectivity index (χ0) is 16.4. The Kier molecular flexibility index (Phi) is 3.97. The van der Waals surface area contributed by atoms with Gasteiger partial charge in [-0.3, -0.25) is 0 Å². The average molecular weight is 336 g/mol. The molecule has 1 atom stereocenters. The summed E-state index contributed by atoms with van der Waals surface area (Å²) in [5, 5.41) is 13.9. The van der Waals surface area contributed by atoms with Gasteiger partial charge < -0.3 is 14.6 Å². The minimum absolute atomic E-state index is 0.236. The van der Waals surface area contributed by atoms with Gasteiger partial charge in [0.15, 0.2) is 5.76 Å². The van der Waals surface area contributed by atoms with E-state index in [1.54, 1.807) is 29.7 Å². The molecule has 0 amide bonds. The molecule has 1 aromatic heterocycles. The first-order valence-electron chi connectivity index (χ1n) is 7.72. The smallest absolute Gasteiger partial charge is 0.244 e. The van der Waals surface area contributed by atoms with E-state index < -0.39 is 0 Å². The fourth-order valence-corrected chi connectivity index (χ4v) is 3.42. The Morgan fingerprint density at radius 1 is 1.00 bits per heavy atom. The zero-order valence-corrected chi connectivity index (χ0v) is 13.7. The van der Waals surface area contributed by atoms with Crippen molar-refractivity contribution in [2.75, 3.05) is 0 Å². The monoisotopic (exact) mass is 336 g/mol. The molecule has 24 heavy (non-hydrogen) atoms. The second kappa shape index (κ2) is 6.42. The van der Waals surface area contributed by atoms with Crippen LogP contribution in [-0.2, 0) is 15.9 Å². The number of aromatic hydroxyl groups is 1. The molecule has 0 radical (unpaired) electrons. The molecule has 1 unspecified atom stereocenters. The second-order valence-electron chi connectivity index (χ2n) is 5.60. The Morgan fingerprint density at radius 3 is 2.67 bits per heavy atom. The minimum Gasteiger partial charge on any atom is -0.508 e. The van der Waals surface area contributed by atoms with Crippen LogP contribution in [0.5, 0.6) is 5.75 Å². The summed E-state index contributed by atoms with van der Waals surface area (Å²) in [5.41, 5.74) is 4.08. The van der Waals surface area contributed by atoms with Crippen LogP contribution in [0.3, 0.4) is 0 Å². The maximum atomic E-state index is 9.84. The van der Waals surface area contributed by atoms with Crippen LogP contribution in [0.25, 0.3) is 16.9 Å². The van der Waals surface area contributed by atoms with E-state index in [9.17, 15) is 5.11 Å². The maximum absolute atomic E-state index is 9.84. The molecule has 0 bridgehead atoms. The summed E-state index contributed by atoms with van der Waals surface area (Å²) >= 11 is 1.62. The van der Waals surface area contributed by atoms with E-state index in [2.05, 4.69) is 17.5 Å². The predicted molar refractivity (Wildman–Crippen MR) is 95.5 cm³/mol. The predicted octanol–water partition coefficient (Wildman–Crippen LogP) is 5.03. The quantitative estimate of drug-likeness (QED) is 0.726. The molecule has 4 heteroatoms.